The molecule has 5 aromatic rings. The number of hydrogen-bond donors (Lipinski definition) is 1. The first-order chi connectivity index (χ1) is 15.7. The number of rotatable bonds is 6. The van der Waals surface area contributed by atoms with Crippen molar-refractivity contribution in [2.45, 2.75) is 9.50 Å². The fourth-order valence-electron chi connectivity index (χ4n) is 3.27. The highest BCUT2D eigenvalue weighted by atomic mass is 32.2. The molecule has 3 aromatic carbocycles. The highest BCUT2D eigenvalue weighted by molar-refractivity contribution is 8.00. The van der Waals surface area contributed by atoms with Gasteiger partial charge in [-0.3, -0.25) is 4.57 Å². The van der Waals surface area contributed by atoms with Crippen LogP contribution >= 0.6 is 23.1 Å². The molecule has 158 valence electrons. The van der Waals surface area contributed by atoms with Crippen molar-refractivity contribution >= 4 is 23.1 Å². The molecule has 1 N–H and O–H groups in total. The van der Waals surface area contributed by atoms with Crippen LogP contribution in [0.1, 0.15) is 0 Å². The van der Waals surface area contributed by atoms with Gasteiger partial charge in [-0.2, -0.15) is 0 Å². The summed E-state index contributed by atoms with van der Waals surface area (Å²) in [4.78, 5) is 4.77. The van der Waals surface area contributed by atoms with Crippen LogP contribution in [0.3, 0.4) is 0 Å². The van der Waals surface area contributed by atoms with Gasteiger partial charge in [0.15, 0.2) is 10.2 Å². The van der Waals surface area contributed by atoms with Crippen LogP contribution in [0.25, 0.3) is 28.3 Å². The van der Waals surface area contributed by atoms with Crippen LogP contribution in [0.2, 0.25) is 0 Å². The highest BCUT2D eigenvalue weighted by Crippen LogP contribution is 2.38. The van der Waals surface area contributed by atoms with E-state index in [-0.39, 0.29) is 5.75 Å². The summed E-state index contributed by atoms with van der Waals surface area (Å²) in [6.07, 6.45) is 0. The number of aromatic hydroxyl groups is 1. The molecule has 0 unspecified atom stereocenters. The monoisotopic (exact) mass is 458 g/mol. The lowest BCUT2D eigenvalue weighted by Crippen LogP contribution is -1.99. The molecular formula is C24H18N4O2S2. The molecule has 0 aliphatic carbocycles. The van der Waals surface area contributed by atoms with E-state index in [1.807, 2.05) is 70.6 Å². The average molecular weight is 459 g/mol. The van der Waals surface area contributed by atoms with E-state index in [0.29, 0.717) is 22.3 Å². The maximum atomic E-state index is 10.5. The first-order valence-corrected chi connectivity index (χ1v) is 11.5. The number of benzene rings is 3. The summed E-state index contributed by atoms with van der Waals surface area (Å²) in [6, 6.07) is 24.9. The molecule has 2 heterocycles. The summed E-state index contributed by atoms with van der Waals surface area (Å²) in [7, 11) is 1.59. The van der Waals surface area contributed by atoms with Gasteiger partial charge in [-0.15, -0.1) is 21.5 Å². The Bertz CT molecular complexity index is 1350. The Labute approximate surface area is 193 Å². The predicted octanol–water partition coefficient (Wildman–Crippen LogP) is 5.92. The number of methoxy groups -OCH3 is 1. The van der Waals surface area contributed by atoms with Crippen LogP contribution in [0.15, 0.2) is 93.7 Å². The topological polar surface area (TPSA) is 73.1 Å². The number of para-hydroxylation sites is 1. The minimum atomic E-state index is 0.104. The lowest BCUT2D eigenvalue weighted by molar-refractivity contribution is 0.412. The second-order valence-electron chi connectivity index (χ2n) is 6.83. The van der Waals surface area contributed by atoms with Gasteiger partial charge in [0.25, 0.3) is 0 Å². The molecule has 5 rings (SSSR count). The molecule has 0 bridgehead atoms. The lowest BCUT2D eigenvalue weighted by Gasteiger charge is -2.11. The lowest BCUT2D eigenvalue weighted by atomic mass is 10.1. The van der Waals surface area contributed by atoms with E-state index in [1.165, 1.54) is 11.8 Å². The molecule has 0 fully saturated rings. The summed E-state index contributed by atoms with van der Waals surface area (Å²) in [5, 5.41) is 22.1. The van der Waals surface area contributed by atoms with E-state index in [9.17, 15) is 5.11 Å². The molecule has 0 spiro atoms. The summed E-state index contributed by atoms with van der Waals surface area (Å²) >= 11 is 3.00. The summed E-state index contributed by atoms with van der Waals surface area (Å²) in [6.45, 7) is 0. The molecule has 6 nitrogen and oxygen atoms in total. The second-order valence-corrected chi connectivity index (χ2v) is 8.90. The van der Waals surface area contributed by atoms with Gasteiger partial charge in [-0.1, -0.05) is 48.5 Å². The SMILES string of the molecule is COc1ccc(O)c(-c2nnc(Sc3nc(-c4ccccc4)cs3)n2-c2ccccc2)c1. The molecule has 0 atom stereocenters. The average Bonchev–Trinajstić information content (AvgIpc) is 3.48. The summed E-state index contributed by atoms with van der Waals surface area (Å²) < 4.78 is 8.12. The minimum Gasteiger partial charge on any atom is -0.507 e. The fourth-order valence-corrected chi connectivity index (χ4v) is 5.04. The maximum Gasteiger partial charge on any atom is 0.203 e. The van der Waals surface area contributed by atoms with Gasteiger partial charge < -0.3 is 9.84 Å². The van der Waals surface area contributed by atoms with E-state index in [4.69, 9.17) is 9.72 Å². The van der Waals surface area contributed by atoms with Gasteiger partial charge in [0.1, 0.15) is 11.5 Å². The van der Waals surface area contributed by atoms with E-state index in [2.05, 4.69) is 10.2 Å². The number of aromatic nitrogens is 4. The van der Waals surface area contributed by atoms with E-state index in [1.54, 1.807) is 36.6 Å². The third kappa shape index (κ3) is 3.98. The Morgan fingerprint density at radius 3 is 2.44 bits per heavy atom. The number of phenolic OH excluding ortho intramolecular Hbond substituents is 1. The van der Waals surface area contributed by atoms with Crippen molar-refractivity contribution in [1.82, 2.24) is 19.7 Å². The van der Waals surface area contributed by atoms with Crippen molar-refractivity contribution in [2.24, 2.45) is 0 Å². The van der Waals surface area contributed by atoms with Crippen LogP contribution in [0, 0.1) is 0 Å². The smallest absolute Gasteiger partial charge is 0.203 e. The van der Waals surface area contributed by atoms with Gasteiger partial charge in [-0.05, 0) is 42.1 Å². The quantitative estimate of drug-likeness (QED) is 0.340. The van der Waals surface area contributed by atoms with Crippen molar-refractivity contribution in [3.8, 4) is 39.8 Å². The van der Waals surface area contributed by atoms with Crippen LogP contribution in [-0.2, 0) is 0 Å². The number of phenols is 1. The van der Waals surface area contributed by atoms with E-state index < -0.39 is 0 Å². The predicted molar refractivity (Wildman–Crippen MR) is 127 cm³/mol. The van der Waals surface area contributed by atoms with Crippen molar-refractivity contribution in [3.63, 3.8) is 0 Å². The highest BCUT2D eigenvalue weighted by Gasteiger charge is 2.21. The standard InChI is InChI=1S/C24H18N4O2S2/c1-30-18-12-13-21(29)19(14-18)22-26-27-23(28(22)17-10-6-3-7-11-17)32-24-25-20(15-31-24)16-8-4-2-5-9-16/h2-15,29H,1H3. The largest absolute Gasteiger partial charge is 0.507 e. The van der Waals surface area contributed by atoms with Crippen molar-refractivity contribution in [2.75, 3.05) is 7.11 Å². The van der Waals surface area contributed by atoms with Crippen LogP contribution in [0.4, 0.5) is 0 Å². The molecule has 32 heavy (non-hydrogen) atoms. The Hall–Kier alpha value is -3.62. The van der Waals surface area contributed by atoms with Crippen LogP contribution in [-0.4, -0.2) is 32.0 Å². The molecule has 2 aromatic heterocycles. The first-order valence-electron chi connectivity index (χ1n) is 9.80. The number of ether oxygens (including phenoxy) is 1. The number of thiazole rings is 1. The molecule has 0 radical (unpaired) electrons. The number of hydrogen-bond acceptors (Lipinski definition) is 7. The molecule has 0 saturated carbocycles. The molecule has 0 amide bonds. The minimum absolute atomic E-state index is 0.104. The van der Waals surface area contributed by atoms with Gasteiger partial charge in [0.2, 0.25) is 5.16 Å². The zero-order chi connectivity index (χ0) is 21.9. The van der Waals surface area contributed by atoms with E-state index >= 15 is 0 Å². The zero-order valence-corrected chi connectivity index (χ0v) is 18.7. The van der Waals surface area contributed by atoms with Gasteiger partial charge in [0, 0.05) is 16.6 Å². The molecule has 8 heteroatoms. The molecule has 0 aliphatic rings. The van der Waals surface area contributed by atoms with Gasteiger partial charge in [0.05, 0.1) is 18.4 Å². The van der Waals surface area contributed by atoms with Gasteiger partial charge in [-0.25, -0.2) is 4.98 Å². The first kappa shape index (κ1) is 20.3. The Morgan fingerprint density at radius 2 is 1.69 bits per heavy atom. The summed E-state index contributed by atoms with van der Waals surface area (Å²) in [5.74, 6) is 1.25. The Kier molecular flexibility index (Phi) is 5.62. The third-order valence-corrected chi connectivity index (χ3v) is 6.71. The van der Waals surface area contributed by atoms with Crippen molar-refractivity contribution in [3.05, 3.63) is 84.2 Å². The molecule has 0 saturated heterocycles. The zero-order valence-electron chi connectivity index (χ0n) is 17.0. The normalized spacial score (nSPS) is 10.9. The second kappa shape index (κ2) is 8.86. The van der Waals surface area contributed by atoms with E-state index in [0.717, 1.165) is 21.3 Å². The molecular weight excluding hydrogens is 440 g/mol. The molecule has 0 aliphatic heterocycles. The van der Waals surface area contributed by atoms with Crippen molar-refractivity contribution < 1.29 is 9.84 Å². The van der Waals surface area contributed by atoms with Crippen LogP contribution < -0.4 is 4.74 Å². The van der Waals surface area contributed by atoms with Gasteiger partial charge >= 0.3 is 0 Å². The number of nitrogens with zero attached hydrogens (tertiary/aromatic N) is 4. The third-order valence-electron chi connectivity index (χ3n) is 4.82. The maximum absolute atomic E-state index is 10.5. The van der Waals surface area contributed by atoms with Crippen molar-refractivity contribution in [1.29, 1.82) is 0 Å². The van der Waals surface area contributed by atoms with Crippen LogP contribution in [0.5, 0.6) is 11.5 Å². The fraction of sp³-hybridized carbons (Fsp3) is 0.0417. The Morgan fingerprint density at radius 1 is 0.938 bits per heavy atom. The Balaban J connectivity index is 1.58. The summed E-state index contributed by atoms with van der Waals surface area (Å²) in [5.41, 5.74) is 3.42.